The molecule has 0 radical (unpaired) electrons. The van der Waals surface area contributed by atoms with Crippen molar-refractivity contribution >= 4 is 34.8 Å². The number of hydrogen-bond donors (Lipinski definition) is 2. The minimum atomic E-state index is -0.661. The number of anilines is 1. The molecule has 1 aromatic heterocycles. The van der Waals surface area contributed by atoms with Gasteiger partial charge in [-0.3, -0.25) is 9.59 Å². The fraction of sp³-hybridized carbons (Fsp3) is 0. The van der Waals surface area contributed by atoms with Crippen LogP contribution in [0.25, 0.3) is 0 Å². The number of carbonyl (C=O) groups excluding carboxylic acids is 1. The minimum Gasteiger partial charge on any atom is -0.327 e. The molecule has 0 aliphatic rings. The first-order valence-corrected chi connectivity index (χ1v) is 5.87. The zero-order valence-corrected chi connectivity index (χ0v) is 10.8. The summed E-state index contributed by atoms with van der Waals surface area (Å²) in [7, 11) is 0. The molecule has 2 aromatic rings. The van der Waals surface area contributed by atoms with Crippen molar-refractivity contribution in [1.82, 2.24) is 4.98 Å². The molecular weight excluding hydrogens is 294 g/mol. The molecule has 2 rings (SSSR count). The number of rotatable bonds is 2. The van der Waals surface area contributed by atoms with Crippen LogP contribution in [0.15, 0.2) is 35.3 Å². The van der Waals surface area contributed by atoms with Crippen LogP contribution in [0.1, 0.15) is 10.4 Å². The molecule has 7 heteroatoms. The van der Waals surface area contributed by atoms with Crippen molar-refractivity contribution < 1.29 is 9.18 Å². The van der Waals surface area contributed by atoms with Gasteiger partial charge in [-0.25, -0.2) is 4.39 Å². The maximum atomic E-state index is 13.0. The highest BCUT2D eigenvalue weighted by Crippen LogP contribution is 2.19. The minimum absolute atomic E-state index is 0.127. The predicted octanol–water partition coefficient (Wildman–Crippen LogP) is 3.07. The first kappa shape index (κ1) is 13.6. The molecule has 4 nitrogen and oxygen atoms in total. The van der Waals surface area contributed by atoms with Gasteiger partial charge < -0.3 is 10.3 Å². The molecule has 0 atom stereocenters. The van der Waals surface area contributed by atoms with Crippen molar-refractivity contribution in [2.45, 2.75) is 0 Å². The fourth-order valence-electron chi connectivity index (χ4n) is 1.40. The molecule has 0 saturated heterocycles. The molecule has 1 heterocycles. The molecule has 0 fully saturated rings. The second-order valence-electron chi connectivity index (χ2n) is 3.64. The quantitative estimate of drug-likeness (QED) is 0.895. The Balaban J connectivity index is 2.28. The van der Waals surface area contributed by atoms with Gasteiger partial charge in [0.15, 0.2) is 0 Å². The molecule has 19 heavy (non-hydrogen) atoms. The molecule has 0 aliphatic carbocycles. The molecule has 0 aliphatic heterocycles. The second-order valence-corrected chi connectivity index (χ2v) is 4.49. The van der Waals surface area contributed by atoms with E-state index in [1.165, 1.54) is 24.4 Å². The van der Waals surface area contributed by atoms with Crippen molar-refractivity contribution in [3.8, 4) is 0 Å². The molecule has 1 aromatic carbocycles. The van der Waals surface area contributed by atoms with Gasteiger partial charge in [-0.1, -0.05) is 23.2 Å². The second kappa shape index (κ2) is 5.42. The zero-order valence-electron chi connectivity index (χ0n) is 9.34. The number of amides is 1. The first-order valence-electron chi connectivity index (χ1n) is 5.12. The monoisotopic (exact) mass is 300 g/mol. The van der Waals surface area contributed by atoms with E-state index in [-0.39, 0.29) is 21.3 Å². The van der Waals surface area contributed by atoms with Gasteiger partial charge in [0.05, 0.1) is 10.0 Å². The highest BCUT2D eigenvalue weighted by atomic mass is 35.5. The van der Waals surface area contributed by atoms with Crippen LogP contribution in [-0.2, 0) is 0 Å². The van der Waals surface area contributed by atoms with E-state index < -0.39 is 17.3 Å². The van der Waals surface area contributed by atoms with E-state index in [1.54, 1.807) is 0 Å². The summed E-state index contributed by atoms with van der Waals surface area (Å²) in [4.78, 5) is 25.6. The molecule has 2 N–H and O–H groups in total. The van der Waals surface area contributed by atoms with Gasteiger partial charge in [0.1, 0.15) is 11.4 Å². The predicted molar refractivity (Wildman–Crippen MR) is 71.4 cm³/mol. The summed E-state index contributed by atoms with van der Waals surface area (Å²) >= 11 is 11.3. The lowest BCUT2D eigenvalue weighted by molar-refractivity contribution is 0.102. The SMILES string of the molecule is O=C(Nc1ccc(F)c(Cl)c1)c1cc(Cl)c[nH]c1=O. The lowest BCUT2D eigenvalue weighted by Gasteiger charge is -2.05. The van der Waals surface area contributed by atoms with Gasteiger partial charge in [-0.2, -0.15) is 0 Å². The number of aromatic amines is 1. The highest BCUT2D eigenvalue weighted by molar-refractivity contribution is 6.31. The zero-order chi connectivity index (χ0) is 14.0. The van der Waals surface area contributed by atoms with E-state index in [1.807, 2.05) is 0 Å². The summed E-state index contributed by atoms with van der Waals surface area (Å²) in [6.07, 6.45) is 1.27. The number of carbonyl (C=O) groups is 1. The topological polar surface area (TPSA) is 62.0 Å². The standard InChI is InChI=1S/C12H7Cl2FN2O2/c13-6-3-8(11(18)16-5-6)12(19)17-7-1-2-10(15)9(14)4-7/h1-5H,(H,16,18)(H,17,19). The van der Waals surface area contributed by atoms with Crippen LogP contribution in [0, 0.1) is 5.82 Å². The Morgan fingerprint density at radius 2 is 2.00 bits per heavy atom. The van der Waals surface area contributed by atoms with Crippen LogP contribution in [0.4, 0.5) is 10.1 Å². The molecule has 0 unspecified atom stereocenters. The maximum absolute atomic E-state index is 13.0. The van der Waals surface area contributed by atoms with Crippen LogP contribution < -0.4 is 10.9 Å². The Labute approximate surface area is 117 Å². The van der Waals surface area contributed by atoms with Crippen molar-refractivity contribution in [3.05, 3.63) is 62.2 Å². The molecule has 98 valence electrons. The van der Waals surface area contributed by atoms with E-state index in [4.69, 9.17) is 23.2 Å². The summed E-state index contributed by atoms with van der Waals surface area (Å²) in [5, 5.41) is 2.52. The van der Waals surface area contributed by atoms with Crippen LogP contribution in [0.2, 0.25) is 10.0 Å². The average Bonchev–Trinajstić information content (AvgIpc) is 2.36. The van der Waals surface area contributed by atoms with Crippen LogP contribution in [0.5, 0.6) is 0 Å². The average molecular weight is 301 g/mol. The Morgan fingerprint density at radius 1 is 1.26 bits per heavy atom. The lowest BCUT2D eigenvalue weighted by atomic mass is 10.2. The van der Waals surface area contributed by atoms with Crippen LogP contribution >= 0.6 is 23.2 Å². The third-order valence-corrected chi connectivity index (χ3v) is 2.80. The fourth-order valence-corrected chi connectivity index (χ4v) is 1.74. The third kappa shape index (κ3) is 3.13. The van der Waals surface area contributed by atoms with Crippen LogP contribution in [-0.4, -0.2) is 10.9 Å². The summed E-state index contributed by atoms with van der Waals surface area (Å²) in [5.74, 6) is -1.26. The number of pyridine rings is 1. The normalized spacial score (nSPS) is 10.3. The van der Waals surface area contributed by atoms with E-state index in [9.17, 15) is 14.0 Å². The first-order chi connectivity index (χ1) is 8.97. The van der Waals surface area contributed by atoms with Gasteiger partial charge in [-0.05, 0) is 24.3 Å². The largest absolute Gasteiger partial charge is 0.327 e. The molecule has 0 bridgehead atoms. The summed E-state index contributed by atoms with van der Waals surface area (Å²) in [5.41, 5.74) is -0.446. The lowest BCUT2D eigenvalue weighted by Crippen LogP contribution is -2.22. The van der Waals surface area contributed by atoms with Gasteiger partial charge in [0, 0.05) is 11.9 Å². The molecule has 0 saturated carbocycles. The van der Waals surface area contributed by atoms with Gasteiger partial charge in [0.25, 0.3) is 11.5 Å². The Morgan fingerprint density at radius 3 is 2.68 bits per heavy atom. The molecule has 0 spiro atoms. The molecule has 1 amide bonds. The number of nitrogens with one attached hydrogen (secondary N) is 2. The van der Waals surface area contributed by atoms with E-state index in [0.717, 1.165) is 6.07 Å². The Kier molecular flexibility index (Phi) is 3.87. The summed E-state index contributed by atoms with van der Waals surface area (Å²) in [6, 6.07) is 4.92. The number of hydrogen-bond acceptors (Lipinski definition) is 2. The van der Waals surface area contributed by atoms with Gasteiger partial charge >= 0.3 is 0 Å². The number of H-pyrrole nitrogens is 1. The number of aromatic nitrogens is 1. The molecular formula is C12H7Cl2FN2O2. The van der Waals surface area contributed by atoms with E-state index >= 15 is 0 Å². The third-order valence-electron chi connectivity index (χ3n) is 2.29. The maximum Gasteiger partial charge on any atom is 0.261 e. The van der Waals surface area contributed by atoms with Crippen LogP contribution in [0.3, 0.4) is 0 Å². The van der Waals surface area contributed by atoms with Gasteiger partial charge in [-0.15, -0.1) is 0 Å². The van der Waals surface area contributed by atoms with E-state index in [2.05, 4.69) is 10.3 Å². The Hall–Kier alpha value is -1.85. The smallest absolute Gasteiger partial charge is 0.261 e. The summed E-state index contributed by atoms with van der Waals surface area (Å²) in [6.45, 7) is 0. The van der Waals surface area contributed by atoms with Crippen molar-refractivity contribution in [1.29, 1.82) is 0 Å². The van der Waals surface area contributed by atoms with Crippen molar-refractivity contribution in [2.75, 3.05) is 5.32 Å². The Bertz CT molecular complexity index is 700. The summed E-state index contributed by atoms with van der Waals surface area (Å²) < 4.78 is 13.0. The highest BCUT2D eigenvalue weighted by Gasteiger charge is 2.12. The number of halogens is 3. The van der Waals surface area contributed by atoms with Crippen molar-refractivity contribution in [2.24, 2.45) is 0 Å². The van der Waals surface area contributed by atoms with Gasteiger partial charge in [0.2, 0.25) is 0 Å². The number of benzene rings is 1. The van der Waals surface area contributed by atoms with Crippen molar-refractivity contribution in [3.63, 3.8) is 0 Å². The van der Waals surface area contributed by atoms with E-state index in [0.29, 0.717) is 0 Å².